The number of thiazole rings is 2. The molecule has 0 bridgehead atoms. The molecule has 0 saturated heterocycles. The number of rotatable bonds is 4. The van der Waals surface area contributed by atoms with E-state index >= 15 is 0 Å². The molecule has 0 N–H and O–H groups in total. The number of nitrogens with zero attached hydrogens (tertiary/aromatic N) is 3. The molecule has 2 heterocycles. The molecule has 0 aliphatic heterocycles. The van der Waals surface area contributed by atoms with Gasteiger partial charge in [0, 0.05) is 38.5 Å². The van der Waals surface area contributed by atoms with Crippen LogP contribution in [0.3, 0.4) is 0 Å². The Labute approximate surface area is 165 Å². The van der Waals surface area contributed by atoms with Crippen molar-refractivity contribution in [3.8, 4) is 32.5 Å². The van der Waals surface area contributed by atoms with Crippen molar-refractivity contribution in [2.45, 2.75) is 0 Å². The van der Waals surface area contributed by atoms with Crippen molar-refractivity contribution >= 4 is 44.3 Å². The fourth-order valence-corrected chi connectivity index (χ4v) is 4.36. The standard InChI is InChI=1S/C18H10BrN3O2S2/c19-13-5-1-11(2-6-13)15-9-25-17(20-15)18-21-16(10-26-18)12-3-7-14(8-4-12)22(23)24/h1-10H. The molecule has 8 heteroatoms. The lowest BCUT2D eigenvalue weighted by Gasteiger charge is -1.96. The molecule has 2 aromatic carbocycles. The number of benzene rings is 2. The fourth-order valence-electron chi connectivity index (χ4n) is 2.38. The van der Waals surface area contributed by atoms with Crippen molar-refractivity contribution < 1.29 is 4.92 Å². The minimum atomic E-state index is -0.407. The second kappa shape index (κ2) is 7.06. The smallest absolute Gasteiger partial charge is 0.258 e. The predicted octanol–water partition coefficient (Wildman–Crippen LogP) is 6.27. The number of nitro groups is 1. The Hall–Kier alpha value is -2.42. The third kappa shape index (κ3) is 3.44. The first-order valence-corrected chi connectivity index (χ1v) is 10.1. The second-order valence-electron chi connectivity index (χ2n) is 5.39. The van der Waals surface area contributed by atoms with Crippen LogP contribution >= 0.6 is 38.6 Å². The van der Waals surface area contributed by atoms with E-state index in [9.17, 15) is 10.1 Å². The van der Waals surface area contributed by atoms with Crippen LogP contribution in [-0.4, -0.2) is 14.9 Å². The largest absolute Gasteiger partial charge is 0.269 e. The van der Waals surface area contributed by atoms with Crippen LogP contribution < -0.4 is 0 Å². The van der Waals surface area contributed by atoms with Gasteiger partial charge >= 0.3 is 0 Å². The van der Waals surface area contributed by atoms with E-state index in [2.05, 4.69) is 25.9 Å². The molecule has 0 atom stereocenters. The Morgan fingerprint density at radius 2 is 1.27 bits per heavy atom. The summed E-state index contributed by atoms with van der Waals surface area (Å²) >= 11 is 6.50. The lowest BCUT2D eigenvalue weighted by atomic mass is 10.1. The average molecular weight is 444 g/mol. The van der Waals surface area contributed by atoms with E-state index in [4.69, 9.17) is 0 Å². The Morgan fingerprint density at radius 1 is 0.808 bits per heavy atom. The molecule has 0 amide bonds. The van der Waals surface area contributed by atoms with E-state index in [1.54, 1.807) is 23.5 Å². The number of nitro benzene ring substituents is 1. The van der Waals surface area contributed by atoms with Gasteiger partial charge < -0.3 is 0 Å². The van der Waals surface area contributed by atoms with Crippen LogP contribution in [0.15, 0.2) is 63.8 Å². The van der Waals surface area contributed by atoms with Gasteiger partial charge in [0.1, 0.15) is 0 Å². The predicted molar refractivity (Wildman–Crippen MR) is 108 cm³/mol. The van der Waals surface area contributed by atoms with E-state index in [0.717, 1.165) is 37.0 Å². The Bertz CT molecular complexity index is 1070. The highest BCUT2D eigenvalue weighted by molar-refractivity contribution is 9.10. The van der Waals surface area contributed by atoms with Crippen LogP contribution in [0.25, 0.3) is 32.5 Å². The zero-order valence-electron chi connectivity index (χ0n) is 13.1. The summed E-state index contributed by atoms with van der Waals surface area (Å²) in [7, 11) is 0. The second-order valence-corrected chi connectivity index (χ2v) is 8.02. The normalized spacial score (nSPS) is 10.8. The molecule has 0 aliphatic carbocycles. The van der Waals surface area contributed by atoms with Gasteiger partial charge in [-0.2, -0.15) is 0 Å². The summed E-state index contributed by atoms with van der Waals surface area (Å²) < 4.78 is 1.03. The quantitative estimate of drug-likeness (QED) is 0.275. The van der Waals surface area contributed by atoms with Gasteiger partial charge in [-0.1, -0.05) is 28.1 Å². The molecule has 26 heavy (non-hydrogen) atoms. The third-order valence-corrected chi connectivity index (χ3v) is 6.06. The summed E-state index contributed by atoms with van der Waals surface area (Å²) in [4.78, 5) is 19.7. The number of non-ortho nitro benzene ring substituents is 1. The van der Waals surface area contributed by atoms with Crippen molar-refractivity contribution in [2.75, 3.05) is 0 Å². The van der Waals surface area contributed by atoms with E-state index in [0.29, 0.717) is 0 Å². The lowest BCUT2D eigenvalue weighted by Crippen LogP contribution is -1.87. The highest BCUT2D eigenvalue weighted by Gasteiger charge is 2.12. The van der Waals surface area contributed by atoms with Crippen LogP contribution in [-0.2, 0) is 0 Å². The maximum absolute atomic E-state index is 10.8. The highest BCUT2D eigenvalue weighted by atomic mass is 79.9. The number of hydrogen-bond donors (Lipinski definition) is 0. The molecule has 4 aromatic rings. The van der Waals surface area contributed by atoms with Gasteiger partial charge in [-0.25, -0.2) is 9.97 Å². The summed E-state index contributed by atoms with van der Waals surface area (Å²) in [5.74, 6) is 0. The molecule has 4 rings (SSSR count). The summed E-state index contributed by atoms with van der Waals surface area (Å²) in [5, 5.41) is 16.4. The molecule has 0 saturated carbocycles. The molecule has 0 spiro atoms. The SMILES string of the molecule is O=[N+]([O-])c1ccc(-c2csc(-c3nc(-c4ccc(Br)cc4)cs3)n2)cc1. The first-order chi connectivity index (χ1) is 12.6. The third-order valence-electron chi connectivity index (χ3n) is 3.71. The van der Waals surface area contributed by atoms with E-state index < -0.39 is 4.92 Å². The molecule has 0 fully saturated rings. The van der Waals surface area contributed by atoms with Crippen molar-refractivity contribution in [1.29, 1.82) is 0 Å². The zero-order chi connectivity index (χ0) is 18.1. The van der Waals surface area contributed by atoms with Gasteiger partial charge in [0.2, 0.25) is 0 Å². The van der Waals surface area contributed by atoms with Crippen LogP contribution in [0.4, 0.5) is 5.69 Å². The first kappa shape index (κ1) is 17.0. The molecule has 5 nitrogen and oxygen atoms in total. The molecule has 0 radical (unpaired) electrons. The minimum absolute atomic E-state index is 0.0725. The van der Waals surface area contributed by atoms with Gasteiger partial charge in [-0.05, 0) is 24.3 Å². The summed E-state index contributed by atoms with van der Waals surface area (Å²) in [5.41, 5.74) is 3.69. The average Bonchev–Trinajstić information content (AvgIpc) is 3.32. The van der Waals surface area contributed by atoms with Gasteiger partial charge in [-0.3, -0.25) is 10.1 Å². The van der Waals surface area contributed by atoms with Gasteiger partial charge in [0.05, 0.1) is 16.3 Å². The highest BCUT2D eigenvalue weighted by Crippen LogP contribution is 2.33. The Kier molecular flexibility index (Phi) is 4.62. The van der Waals surface area contributed by atoms with Gasteiger partial charge in [0.15, 0.2) is 10.0 Å². The topological polar surface area (TPSA) is 68.9 Å². The molecule has 2 aromatic heterocycles. The molecule has 128 valence electrons. The van der Waals surface area contributed by atoms with Crippen LogP contribution in [0, 0.1) is 10.1 Å². The van der Waals surface area contributed by atoms with Crippen molar-refractivity contribution in [2.24, 2.45) is 0 Å². The van der Waals surface area contributed by atoms with Crippen molar-refractivity contribution in [3.05, 3.63) is 73.9 Å². The number of halogens is 1. The maximum atomic E-state index is 10.8. The van der Waals surface area contributed by atoms with Crippen LogP contribution in [0.2, 0.25) is 0 Å². The molecular weight excluding hydrogens is 434 g/mol. The van der Waals surface area contributed by atoms with E-state index in [-0.39, 0.29) is 5.69 Å². The maximum Gasteiger partial charge on any atom is 0.269 e. The zero-order valence-corrected chi connectivity index (χ0v) is 16.3. The van der Waals surface area contributed by atoms with Gasteiger partial charge in [0.25, 0.3) is 5.69 Å². The Morgan fingerprint density at radius 3 is 1.73 bits per heavy atom. The van der Waals surface area contributed by atoms with Crippen molar-refractivity contribution in [1.82, 2.24) is 9.97 Å². The molecule has 0 aliphatic rings. The summed E-state index contributed by atoms with van der Waals surface area (Å²) in [6.07, 6.45) is 0. The summed E-state index contributed by atoms with van der Waals surface area (Å²) in [6.45, 7) is 0. The first-order valence-electron chi connectivity index (χ1n) is 7.52. The van der Waals surface area contributed by atoms with E-state index in [1.807, 2.05) is 35.0 Å². The van der Waals surface area contributed by atoms with Crippen LogP contribution in [0.5, 0.6) is 0 Å². The fraction of sp³-hybridized carbons (Fsp3) is 0. The minimum Gasteiger partial charge on any atom is -0.258 e. The number of aromatic nitrogens is 2. The number of hydrogen-bond acceptors (Lipinski definition) is 6. The monoisotopic (exact) mass is 443 g/mol. The van der Waals surface area contributed by atoms with Crippen LogP contribution in [0.1, 0.15) is 0 Å². The van der Waals surface area contributed by atoms with Gasteiger partial charge in [-0.15, -0.1) is 22.7 Å². The molecule has 0 unspecified atom stereocenters. The molecular formula is C18H10BrN3O2S2. The lowest BCUT2D eigenvalue weighted by molar-refractivity contribution is -0.384. The van der Waals surface area contributed by atoms with E-state index in [1.165, 1.54) is 23.5 Å². The Balaban J connectivity index is 1.60. The summed E-state index contributed by atoms with van der Waals surface area (Å²) in [6, 6.07) is 14.4. The van der Waals surface area contributed by atoms with Crippen molar-refractivity contribution in [3.63, 3.8) is 0 Å².